The molecule has 0 amide bonds. The van der Waals surface area contributed by atoms with Crippen LogP contribution in [0.25, 0.3) is 0 Å². The Balaban J connectivity index is 0.000000538. The van der Waals surface area contributed by atoms with E-state index < -0.39 is 58.5 Å². The van der Waals surface area contributed by atoms with Crippen molar-refractivity contribution in [3.05, 3.63) is 70.3 Å². The maximum absolute atomic E-state index is 10.5. The van der Waals surface area contributed by atoms with Crippen LogP contribution in [0.15, 0.2) is 42.5 Å². The Labute approximate surface area is 207 Å². The van der Waals surface area contributed by atoms with Crippen LogP contribution in [-0.2, 0) is 9.59 Å². The number of unbranched alkanes of at least 4 members (excludes halogenated alkanes) is 1. The van der Waals surface area contributed by atoms with E-state index in [2.05, 4.69) is 0 Å². The molecule has 0 aromatic heterocycles. The smallest absolute Gasteiger partial charge is 0.0722 e. The van der Waals surface area contributed by atoms with Crippen molar-refractivity contribution in [3.63, 3.8) is 0 Å². The molecule has 0 heterocycles. The third-order valence-corrected chi connectivity index (χ3v) is 4.07. The Hall–Kier alpha value is -5.27. The molecule has 0 radical (unpaired) electrons. The molecule has 0 fully saturated rings. The molecule has 0 aliphatic carbocycles. The van der Waals surface area contributed by atoms with Crippen molar-refractivity contribution < 1.29 is 69.3 Å². The minimum atomic E-state index is -1.79. The lowest BCUT2D eigenvalue weighted by molar-refractivity contribution is -0.308. The molecule has 0 saturated heterocycles. The van der Waals surface area contributed by atoms with Crippen molar-refractivity contribution in [3.8, 4) is 0 Å². The largest absolute Gasteiger partial charge is 0.550 e. The number of carbonyl (C=O) groups is 7. The van der Waals surface area contributed by atoms with Gasteiger partial charge in [0.2, 0.25) is 0 Å². The quantitative estimate of drug-likeness (QED) is 0.266. The SMILES string of the molecule is O=C([O-])CCCCC(=O)[O-].O=C([O-])c1ccc(C(=O)[O-])c(C(=O)[O-])c1.O=C([O-])c1ccccc1C(=O)[O-]. The van der Waals surface area contributed by atoms with Gasteiger partial charge in [-0.05, 0) is 37.3 Å². The average Bonchev–Trinajstić information content (AvgIpc) is 2.81. The number of aromatic carboxylic acids is 5. The first-order valence-electron chi connectivity index (χ1n) is 9.88. The Bertz CT molecular complexity index is 1130. The van der Waals surface area contributed by atoms with Crippen molar-refractivity contribution in [2.75, 3.05) is 0 Å². The zero-order valence-electron chi connectivity index (χ0n) is 18.6. The third-order valence-electron chi connectivity index (χ3n) is 4.07. The molecule has 14 heteroatoms. The van der Waals surface area contributed by atoms with Gasteiger partial charge in [0.15, 0.2) is 0 Å². The topological polar surface area (TPSA) is 281 Å². The number of carboxylic acid groups (broad SMARTS) is 7. The zero-order chi connectivity index (χ0) is 28.7. The van der Waals surface area contributed by atoms with Crippen LogP contribution in [0.1, 0.15) is 77.5 Å². The molecule has 0 saturated carbocycles. The average molecular weight is 515 g/mol. The predicted octanol–water partition coefficient (Wildman–Crippen LogP) is -6.76. The second-order valence-electron chi connectivity index (χ2n) is 6.69. The molecular weight excluding hydrogens is 500 g/mol. The van der Waals surface area contributed by atoms with Crippen molar-refractivity contribution in [2.24, 2.45) is 0 Å². The maximum atomic E-state index is 10.5. The number of rotatable bonds is 10. The summed E-state index contributed by atoms with van der Waals surface area (Å²) in [5.41, 5.74) is -2.56. The van der Waals surface area contributed by atoms with E-state index in [-0.39, 0.29) is 24.0 Å². The highest BCUT2D eigenvalue weighted by molar-refractivity contribution is 6.02. The molecule has 0 aliphatic rings. The summed E-state index contributed by atoms with van der Waals surface area (Å²) in [4.78, 5) is 71.5. The summed E-state index contributed by atoms with van der Waals surface area (Å²) in [5.74, 6) is -10.4. The molecule has 0 bridgehead atoms. The van der Waals surface area contributed by atoms with Crippen LogP contribution >= 0.6 is 0 Å². The van der Waals surface area contributed by atoms with Crippen LogP contribution in [0, 0.1) is 0 Å². The summed E-state index contributed by atoms with van der Waals surface area (Å²) in [6, 6.07) is 7.50. The fourth-order valence-electron chi connectivity index (χ4n) is 2.40. The van der Waals surface area contributed by atoms with Gasteiger partial charge in [0.1, 0.15) is 0 Å². The highest BCUT2D eigenvalue weighted by Crippen LogP contribution is 2.10. The summed E-state index contributed by atoms with van der Waals surface area (Å²) >= 11 is 0. The number of hydrogen-bond acceptors (Lipinski definition) is 14. The van der Waals surface area contributed by atoms with Crippen LogP contribution in [0.3, 0.4) is 0 Å². The fourth-order valence-corrected chi connectivity index (χ4v) is 2.40. The monoisotopic (exact) mass is 515 g/mol. The molecule has 0 N–H and O–H groups in total. The number of carbonyl (C=O) groups excluding carboxylic acids is 7. The molecule has 0 spiro atoms. The van der Waals surface area contributed by atoms with Crippen molar-refractivity contribution in [1.82, 2.24) is 0 Å². The number of carboxylic acids is 7. The van der Waals surface area contributed by atoms with Gasteiger partial charge in [-0.2, -0.15) is 0 Å². The lowest BCUT2D eigenvalue weighted by atomic mass is 10.0. The lowest BCUT2D eigenvalue weighted by Crippen LogP contribution is -2.31. The van der Waals surface area contributed by atoms with E-state index in [1.807, 2.05) is 0 Å². The molecule has 0 aliphatic heterocycles. The maximum Gasteiger partial charge on any atom is 0.0722 e. The van der Waals surface area contributed by atoms with E-state index in [0.717, 1.165) is 24.3 Å². The van der Waals surface area contributed by atoms with Crippen LogP contribution in [0.5, 0.6) is 0 Å². The van der Waals surface area contributed by atoms with Crippen LogP contribution in [0.4, 0.5) is 0 Å². The standard InChI is InChI=1S/C9H6O6.C8H6O4.C6H10O4/c10-7(11)4-1-2-5(8(12)13)6(3-4)9(14)15;9-7(10)5-3-1-2-4-6(5)8(11)12;7-5(8)3-1-2-4-6(9)10/h1-3H,(H,10,11)(H,12,13)(H,14,15);1-4H,(H,9,10)(H,11,12);1-4H2,(H,7,8)(H,9,10)/p-7. The van der Waals surface area contributed by atoms with Gasteiger partial charge in [0, 0.05) is 34.2 Å². The second kappa shape index (κ2) is 15.6. The molecule has 14 nitrogen and oxygen atoms in total. The molecule has 2 aromatic rings. The molecule has 0 atom stereocenters. The Morgan fingerprint density at radius 2 is 0.811 bits per heavy atom. The van der Waals surface area contributed by atoms with Gasteiger partial charge in [-0.15, -0.1) is 0 Å². The summed E-state index contributed by atoms with van der Waals surface area (Å²) < 4.78 is 0. The molecule has 0 unspecified atom stereocenters. The van der Waals surface area contributed by atoms with E-state index in [0.29, 0.717) is 18.9 Å². The first kappa shape index (κ1) is 31.7. The van der Waals surface area contributed by atoms with Gasteiger partial charge in [-0.25, -0.2) is 0 Å². The Morgan fingerprint density at radius 1 is 0.459 bits per heavy atom. The summed E-state index contributed by atoms with van der Waals surface area (Å²) in [7, 11) is 0. The van der Waals surface area contributed by atoms with Crippen molar-refractivity contribution >= 4 is 41.8 Å². The third kappa shape index (κ3) is 12.1. The van der Waals surface area contributed by atoms with E-state index in [1.54, 1.807) is 0 Å². The van der Waals surface area contributed by atoms with E-state index in [4.69, 9.17) is 0 Å². The molecular formula is C23H15O14-7. The minimum absolute atomic E-state index is 0.0761. The lowest BCUT2D eigenvalue weighted by Gasteiger charge is -2.13. The van der Waals surface area contributed by atoms with E-state index >= 15 is 0 Å². The highest BCUT2D eigenvalue weighted by Gasteiger charge is 2.06. The second-order valence-corrected chi connectivity index (χ2v) is 6.69. The van der Waals surface area contributed by atoms with Gasteiger partial charge >= 0.3 is 0 Å². The molecule has 2 rings (SSSR count). The van der Waals surface area contributed by atoms with Gasteiger partial charge in [0.05, 0.1) is 29.8 Å². The number of hydrogen-bond donors (Lipinski definition) is 0. The zero-order valence-corrected chi connectivity index (χ0v) is 18.6. The predicted molar refractivity (Wildman–Crippen MR) is 103 cm³/mol. The summed E-state index contributed by atoms with van der Waals surface area (Å²) in [6.07, 6.45) is 0.535. The molecule has 2 aromatic carbocycles. The molecule has 198 valence electrons. The number of aliphatic carboxylic acids is 2. The first-order chi connectivity index (χ1) is 17.2. The van der Waals surface area contributed by atoms with Crippen molar-refractivity contribution in [2.45, 2.75) is 25.7 Å². The summed E-state index contributed by atoms with van der Waals surface area (Å²) in [6.45, 7) is 0. The molecule has 37 heavy (non-hydrogen) atoms. The van der Waals surface area contributed by atoms with Gasteiger partial charge in [0.25, 0.3) is 0 Å². The van der Waals surface area contributed by atoms with Gasteiger partial charge in [-0.1, -0.05) is 36.4 Å². The number of benzene rings is 2. The van der Waals surface area contributed by atoms with Crippen LogP contribution in [0.2, 0.25) is 0 Å². The highest BCUT2D eigenvalue weighted by atomic mass is 16.4. The van der Waals surface area contributed by atoms with Crippen LogP contribution in [-0.4, -0.2) is 41.8 Å². The normalized spacial score (nSPS) is 9.41. The van der Waals surface area contributed by atoms with E-state index in [9.17, 15) is 69.3 Å². The first-order valence-corrected chi connectivity index (χ1v) is 9.88. The summed E-state index contributed by atoms with van der Waals surface area (Å²) in [5, 5.41) is 71.5. The minimum Gasteiger partial charge on any atom is -0.550 e. The van der Waals surface area contributed by atoms with E-state index in [1.165, 1.54) is 12.1 Å². The van der Waals surface area contributed by atoms with Crippen LogP contribution < -0.4 is 35.7 Å². The Morgan fingerprint density at radius 3 is 1.11 bits per heavy atom. The fraction of sp³-hybridized carbons (Fsp3) is 0.174. The van der Waals surface area contributed by atoms with Crippen molar-refractivity contribution in [1.29, 1.82) is 0 Å². The van der Waals surface area contributed by atoms with Gasteiger partial charge in [-0.3, -0.25) is 0 Å². The Kier molecular flexibility index (Phi) is 13.4. The van der Waals surface area contributed by atoms with Gasteiger partial charge < -0.3 is 69.3 Å².